The summed E-state index contributed by atoms with van der Waals surface area (Å²) in [7, 11) is 0. The average Bonchev–Trinajstić information content (AvgIpc) is 2.96. The van der Waals surface area contributed by atoms with Gasteiger partial charge in [0.2, 0.25) is 5.78 Å². The number of nitrogens with one attached hydrogen (secondary N) is 1. The molecule has 0 amide bonds. The van der Waals surface area contributed by atoms with E-state index >= 15 is 0 Å². The Morgan fingerprint density at radius 3 is 2.48 bits per heavy atom. The molecule has 0 saturated carbocycles. The van der Waals surface area contributed by atoms with Crippen molar-refractivity contribution < 1.29 is 14.3 Å². The molecule has 5 heteroatoms. The number of para-hydroxylation sites is 1. The van der Waals surface area contributed by atoms with Gasteiger partial charge in [-0.15, -0.1) is 0 Å². The molecule has 0 fully saturated rings. The smallest absolute Gasteiger partial charge is 0.338 e. The fourth-order valence-electron chi connectivity index (χ4n) is 2.76. The van der Waals surface area contributed by atoms with Gasteiger partial charge in [-0.3, -0.25) is 4.79 Å². The van der Waals surface area contributed by atoms with Gasteiger partial charge in [0.05, 0.1) is 17.2 Å². The van der Waals surface area contributed by atoms with E-state index in [0.29, 0.717) is 16.7 Å². The van der Waals surface area contributed by atoms with Crippen molar-refractivity contribution in [1.82, 2.24) is 4.98 Å². The first-order valence-corrected chi connectivity index (χ1v) is 7.84. The molecule has 1 atom stereocenters. The first-order valence-electron chi connectivity index (χ1n) is 7.84. The number of esters is 1. The Bertz CT molecular complexity index is 994. The molecule has 0 aliphatic rings. The van der Waals surface area contributed by atoms with E-state index in [9.17, 15) is 9.59 Å². The number of nitriles is 1. The highest BCUT2D eigenvalue weighted by molar-refractivity contribution is 6.11. The number of Topliss-reactive ketones (excluding diaryl/α,β-unsaturated/α-hetero) is 1. The second-order valence-corrected chi connectivity index (χ2v) is 5.77. The molecule has 0 bridgehead atoms. The van der Waals surface area contributed by atoms with Crippen molar-refractivity contribution in [2.75, 3.05) is 0 Å². The van der Waals surface area contributed by atoms with Gasteiger partial charge >= 0.3 is 5.97 Å². The summed E-state index contributed by atoms with van der Waals surface area (Å²) in [5.74, 6) is -0.847. The number of aromatic amines is 1. The Labute approximate surface area is 144 Å². The van der Waals surface area contributed by atoms with Gasteiger partial charge in [0.1, 0.15) is 0 Å². The lowest BCUT2D eigenvalue weighted by atomic mass is 10.0. The van der Waals surface area contributed by atoms with Crippen LogP contribution < -0.4 is 0 Å². The van der Waals surface area contributed by atoms with Crippen LogP contribution in [0.25, 0.3) is 10.9 Å². The van der Waals surface area contributed by atoms with E-state index in [4.69, 9.17) is 10.00 Å². The van der Waals surface area contributed by atoms with Crippen LogP contribution >= 0.6 is 0 Å². The average molecular weight is 332 g/mol. The monoisotopic (exact) mass is 332 g/mol. The maximum atomic E-state index is 12.8. The number of aromatic nitrogens is 1. The Morgan fingerprint density at radius 1 is 1.12 bits per heavy atom. The lowest BCUT2D eigenvalue weighted by Gasteiger charge is -2.12. The summed E-state index contributed by atoms with van der Waals surface area (Å²) < 4.78 is 5.31. The van der Waals surface area contributed by atoms with Gasteiger partial charge in [0.15, 0.2) is 6.10 Å². The Balaban J connectivity index is 1.81. The maximum absolute atomic E-state index is 12.8. The largest absolute Gasteiger partial charge is 0.451 e. The fourth-order valence-corrected chi connectivity index (χ4v) is 2.76. The predicted molar refractivity (Wildman–Crippen MR) is 93.4 cm³/mol. The number of fused-ring (bicyclic) bond motifs is 1. The third-order valence-corrected chi connectivity index (χ3v) is 4.04. The van der Waals surface area contributed by atoms with Crippen molar-refractivity contribution in [1.29, 1.82) is 5.26 Å². The summed E-state index contributed by atoms with van der Waals surface area (Å²) in [4.78, 5) is 28.1. The summed E-state index contributed by atoms with van der Waals surface area (Å²) in [6.07, 6.45) is -0.916. The summed E-state index contributed by atoms with van der Waals surface area (Å²) in [6, 6.07) is 15.6. The molecule has 1 heterocycles. The second kappa shape index (κ2) is 6.62. The van der Waals surface area contributed by atoms with E-state index in [1.165, 1.54) is 24.3 Å². The van der Waals surface area contributed by atoms with Crippen LogP contribution in [0.4, 0.5) is 0 Å². The lowest BCUT2D eigenvalue weighted by molar-refractivity contribution is 0.0319. The minimum absolute atomic E-state index is 0.253. The summed E-state index contributed by atoms with van der Waals surface area (Å²) in [5.41, 5.74) is 2.90. The van der Waals surface area contributed by atoms with Crippen molar-refractivity contribution >= 4 is 22.7 Å². The number of aryl methyl sites for hydroxylation is 1. The highest BCUT2D eigenvalue weighted by atomic mass is 16.5. The molecule has 0 radical (unpaired) electrons. The number of H-pyrrole nitrogens is 1. The van der Waals surface area contributed by atoms with E-state index in [0.717, 1.165) is 16.6 Å². The molecule has 1 aromatic heterocycles. The van der Waals surface area contributed by atoms with Crippen molar-refractivity contribution in [2.24, 2.45) is 0 Å². The van der Waals surface area contributed by atoms with E-state index in [2.05, 4.69) is 4.98 Å². The number of hydrogen-bond acceptors (Lipinski definition) is 4. The number of carbonyl (C=O) groups is 2. The second-order valence-electron chi connectivity index (χ2n) is 5.77. The minimum atomic E-state index is -0.916. The van der Waals surface area contributed by atoms with Crippen LogP contribution in [0.15, 0.2) is 48.5 Å². The van der Waals surface area contributed by atoms with E-state index in [1.54, 1.807) is 6.92 Å². The standard InChI is InChI=1S/C20H16N2O3/c1-12-18(16-5-3-4-6-17(16)22-12)19(23)13(2)25-20(24)15-9-7-14(11-21)8-10-15/h3-10,13,22H,1-2H3/t13-/m1/s1. The molecule has 25 heavy (non-hydrogen) atoms. The van der Waals surface area contributed by atoms with Crippen molar-refractivity contribution in [3.63, 3.8) is 0 Å². The molecule has 3 aromatic rings. The van der Waals surface area contributed by atoms with Gasteiger partial charge in [0, 0.05) is 22.2 Å². The zero-order valence-electron chi connectivity index (χ0n) is 13.9. The first kappa shape index (κ1) is 16.5. The number of carbonyl (C=O) groups excluding carboxylic acids is 2. The van der Waals surface area contributed by atoms with E-state index in [1.807, 2.05) is 37.3 Å². The zero-order chi connectivity index (χ0) is 18.0. The quantitative estimate of drug-likeness (QED) is 0.582. The maximum Gasteiger partial charge on any atom is 0.338 e. The number of nitrogens with zero attached hydrogens (tertiary/aromatic N) is 1. The van der Waals surface area contributed by atoms with Crippen LogP contribution in [0.3, 0.4) is 0 Å². The molecule has 5 nitrogen and oxygen atoms in total. The van der Waals surface area contributed by atoms with Crippen molar-refractivity contribution in [3.8, 4) is 6.07 Å². The van der Waals surface area contributed by atoms with Crippen molar-refractivity contribution in [2.45, 2.75) is 20.0 Å². The molecule has 0 saturated heterocycles. The number of hydrogen-bond donors (Lipinski definition) is 1. The predicted octanol–water partition coefficient (Wildman–Crippen LogP) is 3.78. The first-order chi connectivity index (χ1) is 12.0. The molecule has 1 N–H and O–H groups in total. The molecule has 0 spiro atoms. The Morgan fingerprint density at radius 2 is 1.80 bits per heavy atom. The number of ketones is 1. The van der Waals surface area contributed by atoms with Crippen LogP contribution in [0, 0.1) is 18.3 Å². The van der Waals surface area contributed by atoms with Crippen molar-refractivity contribution in [3.05, 3.63) is 70.9 Å². The third kappa shape index (κ3) is 3.15. The molecule has 2 aromatic carbocycles. The van der Waals surface area contributed by atoms with E-state index < -0.39 is 12.1 Å². The Kier molecular flexibility index (Phi) is 4.36. The van der Waals surface area contributed by atoms with Gasteiger partial charge in [-0.05, 0) is 44.2 Å². The molecule has 0 unspecified atom stereocenters. The number of ether oxygens (including phenoxy) is 1. The normalized spacial score (nSPS) is 11.7. The summed E-state index contributed by atoms with van der Waals surface area (Å²) >= 11 is 0. The van der Waals surface area contributed by atoms with Gasteiger partial charge in [-0.1, -0.05) is 18.2 Å². The Hall–Kier alpha value is -3.39. The molecular formula is C20H16N2O3. The van der Waals surface area contributed by atoms with Gasteiger partial charge in [-0.25, -0.2) is 4.79 Å². The highest BCUT2D eigenvalue weighted by Crippen LogP contribution is 2.24. The van der Waals surface area contributed by atoms with Crippen LogP contribution in [0.1, 0.15) is 38.9 Å². The van der Waals surface area contributed by atoms with Crippen LogP contribution in [-0.2, 0) is 4.74 Å². The summed E-state index contributed by atoms with van der Waals surface area (Å²) in [5, 5.41) is 9.60. The third-order valence-electron chi connectivity index (χ3n) is 4.04. The SMILES string of the molecule is Cc1[nH]c2ccccc2c1C(=O)[C@@H](C)OC(=O)c1ccc(C#N)cc1. The highest BCUT2D eigenvalue weighted by Gasteiger charge is 2.24. The number of benzene rings is 2. The molecule has 0 aliphatic heterocycles. The topological polar surface area (TPSA) is 83.0 Å². The van der Waals surface area contributed by atoms with Gasteiger partial charge < -0.3 is 9.72 Å². The minimum Gasteiger partial charge on any atom is -0.451 e. The zero-order valence-corrected chi connectivity index (χ0v) is 13.9. The lowest BCUT2D eigenvalue weighted by Crippen LogP contribution is -2.24. The summed E-state index contributed by atoms with van der Waals surface area (Å²) in [6.45, 7) is 3.38. The van der Waals surface area contributed by atoms with Gasteiger partial charge in [0.25, 0.3) is 0 Å². The molecular weight excluding hydrogens is 316 g/mol. The molecule has 3 rings (SSSR count). The molecule has 124 valence electrons. The fraction of sp³-hybridized carbons (Fsp3) is 0.150. The van der Waals surface area contributed by atoms with E-state index in [-0.39, 0.29) is 5.78 Å². The number of rotatable bonds is 4. The molecule has 0 aliphatic carbocycles. The van der Waals surface area contributed by atoms with Crippen LogP contribution in [0.5, 0.6) is 0 Å². The van der Waals surface area contributed by atoms with Crippen LogP contribution in [-0.4, -0.2) is 22.8 Å². The van der Waals surface area contributed by atoms with Crippen LogP contribution in [0.2, 0.25) is 0 Å². The van der Waals surface area contributed by atoms with Gasteiger partial charge in [-0.2, -0.15) is 5.26 Å².